The van der Waals surface area contributed by atoms with Gasteiger partial charge in [0.1, 0.15) is 10.6 Å². The molecule has 0 aliphatic heterocycles. The number of thiazole rings is 1. The van der Waals surface area contributed by atoms with E-state index in [0.717, 1.165) is 15.7 Å². The second-order valence-corrected chi connectivity index (χ2v) is 4.41. The zero-order valence-corrected chi connectivity index (χ0v) is 10.1. The molecule has 0 aromatic carbocycles. The third-order valence-corrected chi connectivity index (χ3v) is 3.28. The largest absolute Gasteiger partial charge is 0.480 e. The van der Waals surface area contributed by atoms with Crippen LogP contribution in [0.1, 0.15) is 0 Å². The number of aromatic nitrogens is 3. The van der Waals surface area contributed by atoms with E-state index >= 15 is 0 Å². The molecule has 0 fully saturated rings. The number of H-pyrrole nitrogens is 1. The summed E-state index contributed by atoms with van der Waals surface area (Å²) in [6.07, 6.45) is 1.57. The maximum absolute atomic E-state index is 5.80. The average molecular weight is 239 g/mol. The van der Waals surface area contributed by atoms with Crippen molar-refractivity contribution in [3.8, 4) is 16.5 Å². The molecule has 2 aromatic heterocycles. The monoisotopic (exact) mass is 239 g/mol. The molecule has 86 valence electrons. The summed E-state index contributed by atoms with van der Waals surface area (Å²) in [4.78, 5) is 7.13. The molecule has 0 aliphatic carbocycles. The molecule has 0 spiro atoms. The van der Waals surface area contributed by atoms with E-state index < -0.39 is 0 Å². The summed E-state index contributed by atoms with van der Waals surface area (Å²) < 4.78 is 5.22. The van der Waals surface area contributed by atoms with Crippen molar-refractivity contribution < 1.29 is 4.74 Å². The van der Waals surface area contributed by atoms with Crippen molar-refractivity contribution in [1.29, 1.82) is 0 Å². The molecule has 0 atom stereocenters. The van der Waals surface area contributed by atoms with E-state index in [0.29, 0.717) is 11.6 Å². The third-order valence-electron chi connectivity index (χ3n) is 2.06. The fourth-order valence-electron chi connectivity index (χ4n) is 1.26. The Morgan fingerprint density at radius 2 is 2.25 bits per heavy atom. The lowest BCUT2D eigenvalue weighted by molar-refractivity contribution is 0.402. The lowest BCUT2D eigenvalue weighted by Crippen LogP contribution is -2.07. The Kier molecular flexibility index (Phi) is 2.69. The maximum atomic E-state index is 5.80. The Morgan fingerprint density at radius 3 is 2.75 bits per heavy atom. The Hall–Kier alpha value is -1.76. The van der Waals surface area contributed by atoms with E-state index in [9.17, 15) is 0 Å². The van der Waals surface area contributed by atoms with Crippen LogP contribution < -0.4 is 15.4 Å². The molecule has 3 N–H and O–H groups in total. The minimum atomic E-state index is 0.560. The number of aromatic amines is 1. The summed E-state index contributed by atoms with van der Waals surface area (Å²) in [5.41, 5.74) is 7.14. The maximum Gasteiger partial charge on any atom is 0.235 e. The molecule has 2 rings (SSSR count). The fraction of sp³-hybridized carbons (Fsp3) is 0.333. The van der Waals surface area contributed by atoms with Crippen LogP contribution in [0.3, 0.4) is 0 Å². The topological polar surface area (TPSA) is 80.1 Å². The lowest BCUT2D eigenvalue weighted by atomic mass is 10.3. The van der Waals surface area contributed by atoms with Gasteiger partial charge in [-0.15, -0.1) is 0 Å². The van der Waals surface area contributed by atoms with Gasteiger partial charge in [-0.05, 0) is 0 Å². The van der Waals surface area contributed by atoms with Gasteiger partial charge in [-0.25, -0.2) is 0 Å². The Balaban J connectivity index is 2.52. The molecule has 6 nitrogen and oxygen atoms in total. The highest BCUT2D eigenvalue weighted by molar-refractivity contribution is 7.19. The highest BCUT2D eigenvalue weighted by Gasteiger charge is 2.18. The molecular formula is C9H13N5OS. The van der Waals surface area contributed by atoms with Crippen molar-refractivity contribution in [2.75, 3.05) is 31.8 Å². The van der Waals surface area contributed by atoms with Gasteiger partial charge in [0.15, 0.2) is 5.13 Å². The molecule has 16 heavy (non-hydrogen) atoms. The van der Waals surface area contributed by atoms with Crippen LogP contribution >= 0.6 is 11.3 Å². The molecular weight excluding hydrogens is 226 g/mol. The first-order valence-corrected chi connectivity index (χ1v) is 5.46. The van der Waals surface area contributed by atoms with E-state index in [1.807, 2.05) is 19.0 Å². The van der Waals surface area contributed by atoms with Crippen LogP contribution in [0.5, 0.6) is 5.88 Å². The first-order chi connectivity index (χ1) is 7.63. The molecule has 0 saturated carbocycles. The Bertz CT molecular complexity index is 490. The van der Waals surface area contributed by atoms with E-state index in [4.69, 9.17) is 10.5 Å². The van der Waals surface area contributed by atoms with E-state index in [-0.39, 0.29) is 0 Å². The van der Waals surface area contributed by atoms with Crippen molar-refractivity contribution in [3.05, 3.63) is 6.20 Å². The lowest BCUT2D eigenvalue weighted by Gasteiger charge is -2.04. The standard InChI is InChI=1S/C9H13N5OS/c1-14(2)9-12-8(15-3)7(16-9)6-5(10)4-11-13-6/h4H,10H2,1-3H3,(H,11,13). The number of nitrogen functional groups attached to an aromatic ring is 1. The smallest absolute Gasteiger partial charge is 0.235 e. The summed E-state index contributed by atoms with van der Waals surface area (Å²) >= 11 is 1.50. The van der Waals surface area contributed by atoms with Crippen LogP contribution in [0.25, 0.3) is 10.6 Å². The Labute approximate surface area is 97.1 Å². The molecule has 2 aromatic rings. The van der Waals surface area contributed by atoms with Gasteiger partial charge in [0, 0.05) is 14.1 Å². The number of anilines is 2. The number of nitrogens with two attached hydrogens (primary N) is 1. The fourth-order valence-corrected chi connectivity index (χ4v) is 2.24. The highest BCUT2D eigenvalue weighted by atomic mass is 32.1. The van der Waals surface area contributed by atoms with Crippen LogP contribution in [0, 0.1) is 0 Å². The minimum absolute atomic E-state index is 0.560. The van der Waals surface area contributed by atoms with Crippen LogP contribution in [0.4, 0.5) is 10.8 Å². The molecule has 7 heteroatoms. The van der Waals surface area contributed by atoms with Crippen molar-refractivity contribution in [3.63, 3.8) is 0 Å². The molecule has 0 aliphatic rings. The summed E-state index contributed by atoms with van der Waals surface area (Å²) in [6.45, 7) is 0. The van der Waals surface area contributed by atoms with Crippen LogP contribution in [-0.4, -0.2) is 36.4 Å². The van der Waals surface area contributed by atoms with E-state index in [1.165, 1.54) is 11.3 Å². The SMILES string of the molecule is COc1nc(N(C)C)sc1-c1[nH]ncc1N. The Morgan fingerprint density at radius 1 is 1.50 bits per heavy atom. The van der Waals surface area contributed by atoms with Crippen LogP contribution in [-0.2, 0) is 0 Å². The van der Waals surface area contributed by atoms with Crippen molar-refractivity contribution in [1.82, 2.24) is 15.2 Å². The zero-order chi connectivity index (χ0) is 11.7. The normalized spacial score (nSPS) is 10.4. The summed E-state index contributed by atoms with van der Waals surface area (Å²) in [6, 6.07) is 0. The number of rotatable bonds is 3. The molecule has 0 bridgehead atoms. The van der Waals surface area contributed by atoms with Gasteiger partial charge in [0.25, 0.3) is 0 Å². The van der Waals surface area contributed by atoms with E-state index in [1.54, 1.807) is 13.3 Å². The number of nitrogens with one attached hydrogen (secondary N) is 1. The van der Waals surface area contributed by atoms with Gasteiger partial charge < -0.3 is 15.4 Å². The predicted octanol–water partition coefficient (Wildman–Crippen LogP) is 1.19. The van der Waals surface area contributed by atoms with Gasteiger partial charge in [-0.3, -0.25) is 5.10 Å². The zero-order valence-electron chi connectivity index (χ0n) is 9.31. The van der Waals surface area contributed by atoms with Crippen molar-refractivity contribution >= 4 is 22.2 Å². The van der Waals surface area contributed by atoms with Gasteiger partial charge in [0.2, 0.25) is 5.88 Å². The van der Waals surface area contributed by atoms with Crippen LogP contribution in [0.15, 0.2) is 6.20 Å². The first kappa shape index (κ1) is 10.7. The van der Waals surface area contributed by atoms with Gasteiger partial charge in [0.05, 0.1) is 19.0 Å². The molecule has 2 heterocycles. The number of hydrogen-bond acceptors (Lipinski definition) is 6. The van der Waals surface area contributed by atoms with Gasteiger partial charge >= 0.3 is 0 Å². The molecule has 0 unspecified atom stereocenters. The molecule has 0 saturated heterocycles. The number of methoxy groups -OCH3 is 1. The summed E-state index contributed by atoms with van der Waals surface area (Å²) in [5, 5.41) is 7.59. The minimum Gasteiger partial charge on any atom is -0.480 e. The van der Waals surface area contributed by atoms with Crippen molar-refractivity contribution in [2.24, 2.45) is 0 Å². The number of ether oxygens (including phenoxy) is 1. The first-order valence-electron chi connectivity index (χ1n) is 4.65. The second-order valence-electron chi connectivity index (χ2n) is 3.43. The van der Waals surface area contributed by atoms with Crippen LogP contribution in [0.2, 0.25) is 0 Å². The quantitative estimate of drug-likeness (QED) is 0.841. The number of hydrogen-bond donors (Lipinski definition) is 2. The molecule has 0 amide bonds. The highest BCUT2D eigenvalue weighted by Crippen LogP contribution is 2.39. The third kappa shape index (κ3) is 1.69. The van der Waals surface area contributed by atoms with Gasteiger partial charge in [-0.1, -0.05) is 11.3 Å². The van der Waals surface area contributed by atoms with E-state index in [2.05, 4.69) is 15.2 Å². The van der Waals surface area contributed by atoms with Crippen molar-refractivity contribution in [2.45, 2.75) is 0 Å². The molecule has 0 radical (unpaired) electrons. The summed E-state index contributed by atoms with van der Waals surface area (Å²) in [5.74, 6) is 0.560. The average Bonchev–Trinajstić information content (AvgIpc) is 2.82. The van der Waals surface area contributed by atoms with Gasteiger partial charge in [-0.2, -0.15) is 10.1 Å². The second kappa shape index (κ2) is 4.01. The number of nitrogens with zero attached hydrogens (tertiary/aromatic N) is 3. The predicted molar refractivity (Wildman–Crippen MR) is 65.0 cm³/mol. The summed E-state index contributed by atoms with van der Waals surface area (Å²) in [7, 11) is 5.45.